The Bertz CT molecular complexity index is 903. The molecule has 0 bridgehead atoms. The number of hydrogen-bond acceptors (Lipinski definition) is 3. The highest BCUT2D eigenvalue weighted by Crippen LogP contribution is 2.22. The molecule has 0 saturated carbocycles. The van der Waals surface area contributed by atoms with Crippen molar-refractivity contribution in [3.63, 3.8) is 0 Å². The Balaban J connectivity index is 1.42. The molecule has 1 aromatic carbocycles. The van der Waals surface area contributed by atoms with Crippen molar-refractivity contribution in [1.29, 1.82) is 0 Å². The van der Waals surface area contributed by atoms with Crippen LogP contribution < -0.4 is 0 Å². The molecule has 0 aliphatic carbocycles. The summed E-state index contributed by atoms with van der Waals surface area (Å²) in [4.78, 5) is 31.6. The second-order valence-electron chi connectivity index (χ2n) is 6.05. The fourth-order valence-corrected chi connectivity index (χ4v) is 3.90. The molecular weight excluding hydrogens is 358 g/mol. The number of aromatic nitrogens is 1. The van der Waals surface area contributed by atoms with Crippen LogP contribution in [0.2, 0.25) is 5.02 Å². The van der Waals surface area contributed by atoms with Gasteiger partial charge in [-0.25, -0.2) is 0 Å². The molecule has 3 heterocycles. The second-order valence-corrected chi connectivity index (χ2v) is 7.43. The fraction of sp³-hybridized carbons (Fsp3) is 0.222. The standard InChI is InChI=1S/C18H16ClN3O2S/c19-13-3-1-12(2-4-13)10-21-6-7-22(11-17(21)23)18(24)15-9-16-14(20-15)5-8-25-16/h1-5,8-9,20H,6-7,10-11H2. The minimum absolute atomic E-state index is 0.0390. The molecule has 2 aromatic heterocycles. The van der Waals surface area contributed by atoms with Gasteiger partial charge >= 0.3 is 0 Å². The lowest BCUT2D eigenvalue weighted by molar-refractivity contribution is -0.135. The van der Waals surface area contributed by atoms with E-state index in [0.29, 0.717) is 30.4 Å². The zero-order valence-electron chi connectivity index (χ0n) is 13.4. The number of rotatable bonds is 3. The lowest BCUT2D eigenvalue weighted by Crippen LogP contribution is -2.51. The van der Waals surface area contributed by atoms with Crippen molar-refractivity contribution < 1.29 is 9.59 Å². The Morgan fingerprint density at radius 3 is 2.72 bits per heavy atom. The fourth-order valence-electron chi connectivity index (χ4n) is 2.99. The number of benzene rings is 1. The summed E-state index contributed by atoms with van der Waals surface area (Å²) in [5.41, 5.74) is 2.53. The summed E-state index contributed by atoms with van der Waals surface area (Å²) in [5.74, 6) is -0.161. The number of aromatic amines is 1. The van der Waals surface area contributed by atoms with Crippen molar-refractivity contribution in [2.75, 3.05) is 19.6 Å². The summed E-state index contributed by atoms with van der Waals surface area (Å²) in [7, 11) is 0. The molecular formula is C18H16ClN3O2S. The third-order valence-corrected chi connectivity index (χ3v) is 5.48. The minimum atomic E-state index is -0.122. The lowest BCUT2D eigenvalue weighted by atomic mass is 10.2. The van der Waals surface area contributed by atoms with E-state index in [2.05, 4.69) is 4.98 Å². The van der Waals surface area contributed by atoms with E-state index in [1.807, 2.05) is 41.8 Å². The summed E-state index contributed by atoms with van der Waals surface area (Å²) >= 11 is 7.48. The number of carbonyl (C=O) groups is 2. The molecule has 0 spiro atoms. The topological polar surface area (TPSA) is 56.4 Å². The van der Waals surface area contributed by atoms with E-state index in [-0.39, 0.29) is 18.4 Å². The van der Waals surface area contributed by atoms with E-state index < -0.39 is 0 Å². The van der Waals surface area contributed by atoms with Crippen LogP contribution in [-0.2, 0) is 11.3 Å². The van der Waals surface area contributed by atoms with Crippen molar-refractivity contribution >= 4 is 45.0 Å². The number of thiophene rings is 1. The molecule has 0 unspecified atom stereocenters. The molecule has 0 atom stereocenters. The zero-order valence-corrected chi connectivity index (χ0v) is 14.9. The SMILES string of the molecule is O=C1CN(C(=O)c2cc3sccc3[nH]2)CCN1Cc1ccc(Cl)cc1. The number of amides is 2. The van der Waals surface area contributed by atoms with Crippen molar-refractivity contribution in [2.24, 2.45) is 0 Å². The number of nitrogens with zero attached hydrogens (tertiary/aromatic N) is 2. The number of carbonyl (C=O) groups excluding carboxylic acids is 2. The van der Waals surface area contributed by atoms with Gasteiger partial charge in [-0.3, -0.25) is 9.59 Å². The Morgan fingerprint density at radius 2 is 2.00 bits per heavy atom. The highest BCUT2D eigenvalue weighted by atomic mass is 35.5. The van der Waals surface area contributed by atoms with Crippen LogP contribution in [0, 0.1) is 0 Å². The largest absolute Gasteiger partial charge is 0.350 e. The zero-order chi connectivity index (χ0) is 17.4. The maximum Gasteiger partial charge on any atom is 0.270 e. The predicted molar refractivity (Wildman–Crippen MR) is 98.9 cm³/mol. The normalized spacial score (nSPS) is 15.2. The minimum Gasteiger partial charge on any atom is -0.350 e. The summed E-state index contributed by atoms with van der Waals surface area (Å²) in [5, 5.41) is 2.66. The van der Waals surface area contributed by atoms with Gasteiger partial charge < -0.3 is 14.8 Å². The smallest absolute Gasteiger partial charge is 0.270 e. The Kier molecular flexibility index (Phi) is 4.23. The lowest BCUT2D eigenvalue weighted by Gasteiger charge is -2.34. The van der Waals surface area contributed by atoms with E-state index in [1.54, 1.807) is 21.1 Å². The van der Waals surface area contributed by atoms with Gasteiger partial charge in [-0.05, 0) is 35.2 Å². The van der Waals surface area contributed by atoms with Crippen LogP contribution in [0.1, 0.15) is 16.1 Å². The molecule has 3 aromatic rings. The number of hydrogen-bond donors (Lipinski definition) is 1. The molecule has 1 N–H and O–H groups in total. The average molecular weight is 374 g/mol. The van der Waals surface area contributed by atoms with Crippen molar-refractivity contribution in [2.45, 2.75) is 6.54 Å². The molecule has 2 amide bonds. The van der Waals surface area contributed by atoms with E-state index in [9.17, 15) is 9.59 Å². The average Bonchev–Trinajstić information content (AvgIpc) is 3.20. The van der Waals surface area contributed by atoms with Crippen LogP contribution in [0.15, 0.2) is 41.8 Å². The Morgan fingerprint density at radius 1 is 1.20 bits per heavy atom. The summed E-state index contributed by atoms with van der Waals surface area (Å²) in [6, 6.07) is 11.3. The first-order valence-corrected chi connectivity index (χ1v) is 9.23. The third kappa shape index (κ3) is 3.27. The summed E-state index contributed by atoms with van der Waals surface area (Å²) in [6.07, 6.45) is 0. The van der Waals surface area contributed by atoms with Gasteiger partial charge in [0.25, 0.3) is 5.91 Å². The molecule has 0 radical (unpaired) electrons. The van der Waals surface area contributed by atoms with Crippen LogP contribution in [0.5, 0.6) is 0 Å². The first-order valence-electron chi connectivity index (χ1n) is 7.98. The van der Waals surface area contributed by atoms with Crippen LogP contribution in [0.25, 0.3) is 10.2 Å². The molecule has 1 fully saturated rings. The first kappa shape index (κ1) is 16.2. The van der Waals surface area contributed by atoms with Crippen molar-refractivity contribution in [1.82, 2.24) is 14.8 Å². The van der Waals surface area contributed by atoms with Crippen LogP contribution in [0.3, 0.4) is 0 Å². The van der Waals surface area contributed by atoms with Crippen LogP contribution in [0.4, 0.5) is 0 Å². The maximum atomic E-state index is 12.6. The Labute approximate surface area is 153 Å². The van der Waals surface area contributed by atoms with E-state index in [0.717, 1.165) is 15.8 Å². The number of halogens is 1. The van der Waals surface area contributed by atoms with Gasteiger partial charge in [0, 0.05) is 24.7 Å². The van der Waals surface area contributed by atoms with Gasteiger partial charge in [0.2, 0.25) is 5.91 Å². The van der Waals surface area contributed by atoms with Gasteiger partial charge in [-0.15, -0.1) is 11.3 Å². The highest BCUT2D eigenvalue weighted by molar-refractivity contribution is 7.17. The maximum absolute atomic E-state index is 12.6. The summed E-state index contributed by atoms with van der Waals surface area (Å²) in [6.45, 7) is 1.71. The van der Waals surface area contributed by atoms with E-state index in [1.165, 1.54) is 0 Å². The molecule has 5 nitrogen and oxygen atoms in total. The molecule has 1 aliphatic heterocycles. The molecule has 128 valence electrons. The van der Waals surface area contributed by atoms with Crippen LogP contribution in [-0.4, -0.2) is 46.2 Å². The molecule has 4 rings (SSSR count). The van der Waals surface area contributed by atoms with Gasteiger partial charge in [-0.2, -0.15) is 0 Å². The van der Waals surface area contributed by atoms with Gasteiger partial charge in [0.05, 0.1) is 10.2 Å². The number of H-pyrrole nitrogens is 1. The molecule has 1 aliphatic rings. The number of fused-ring (bicyclic) bond motifs is 1. The quantitative estimate of drug-likeness (QED) is 0.765. The predicted octanol–water partition coefficient (Wildman–Crippen LogP) is 3.37. The van der Waals surface area contributed by atoms with Crippen molar-refractivity contribution in [3.05, 3.63) is 58.1 Å². The van der Waals surface area contributed by atoms with Gasteiger partial charge in [-0.1, -0.05) is 23.7 Å². The van der Waals surface area contributed by atoms with Crippen LogP contribution >= 0.6 is 22.9 Å². The van der Waals surface area contributed by atoms with Gasteiger partial charge in [0.1, 0.15) is 12.2 Å². The monoisotopic (exact) mass is 373 g/mol. The second kappa shape index (κ2) is 6.54. The Hall–Kier alpha value is -2.31. The van der Waals surface area contributed by atoms with Crippen molar-refractivity contribution in [3.8, 4) is 0 Å². The van der Waals surface area contributed by atoms with Gasteiger partial charge in [0.15, 0.2) is 0 Å². The number of piperazine rings is 1. The first-order chi connectivity index (χ1) is 12.1. The number of nitrogens with one attached hydrogen (secondary N) is 1. The third-order valence-electron chi connectivity index (χ3n) is 4.36. The molecule has 1 saturated heterocycles. The van der Waals surface area contributed by atoms with E-state index >= 15 is 0 Å². The highest BCUT2D eigenvalue weighted by Gasteiger charge is 2.28. The molecule has 25 heavy (non-hydrogen) atoms. The molecule has 7 heteroatoms. The van der Waals surface area contributed by atoms with E-state index in [4.69, 9.17) is 11.6 Å². The summed E-state index contributed by atoms with van der Waals surface area (Å²) < 4.78 is 1.05.